The number of anilines is 1. The molecule has 1 atom stereocenters. The quantitative estimate of drug-likeness (QED) is 0.654. The van der Waals surface area contributed by atoms with Crippen LogP contribution >= 0.6 is 0 Å². The Kier molecular flexibility index (Phi) is 5.45. The van der Waals surface area contributed by atoms with Gasteiger partial charge in [0, 0.05) is 24.2 Å². The second kappa shape index (κ2) is 7.76. The first kappa shape index (κ1) is 17.6. The van der Waals surface area contributed by atoms with Crippen LogP contribution in [0.3, 0.4) is 0 Å². The van der Waals surface area contributed by atoms with Crippen molar-refractivity contribution in [3.63, 3.8) is 0 Å². The predicted molar refractivity (Wildman–Crippen MR) is 95.4 cm³/mol. The van der Waals surface area contributed by atoms with Gasteiger partial charge >= 0.3 is 0 Å². The Morgan fingerprint density at radius 3 is 2.80 bits per heavy atom. The lowest BCUT2D eigenvalue weighted by molar-refractivity contribution is 0.0925. The second-order valence-electron chi connectivity index (χ2n) is 6.65. The van der Waals surface area contributed by atoms with Gasteiger partial charge in [0.2, 0.25) is 5.95 Å². The summed E-state index contributed by atoms with van der Waals surface area (Å²) < 4.78 is 0. The molecule has 1 aliphatic rings. The Morgan fingerprint density at radius 1 is 1.32 bits per heavy atom. The highest BCUT2D eigenvalue weighted by molar-refractivity contribution is 6.05. The molecule has 1 aromatic carbocycles. The molecule has 2 aromatic rings. The monoisotopic (exact) mass is 344 g/mol. The van der Waals surface area contributed by atoms with Crippen molar-refractivity contribution >= 4 is 22.8 Å². The first-order valence-corrected chi connectivity index (χ1v) is 8.69. The van der Waals surface area contributed by atoms with Crippen molar-refractivity contribution in [1.29, 1.82) is 0 Å². The Bertz CT molecular complexity index is 742. The third-order valence-electron chi connectivity index (χ3n) is 4.44. The van der Waals surface area contributed by atoms with Crippen molar-refractivity contribution in [2.45, 2.75) is 50.9 Å². The molecule has 7 nitrogen and oxygen atoms in total. The molecular formula is C18H24N4O3. The number of aliphatic hydroxyl groups is 2. The van der Waals surface area contributed by atoms with E-state index in [2.05, 4.69) is 20.6 Å². The fourth-order valence-electron chi connectivity index (χ4n) is 3.05. The SMILES string of the molecule is C[C@@H](O)CNC(=O)c1cccc2cnc(NC3CCC(O)CC3)nc12. The van der Waals surface area contributed by atoms with Crippen molar-refractivity contribution < 1.29 is 15.0 Å². The fourth-order valence-corrected chi connectivity index (χ4v) is 3.05. The summed E-state index contributed by atoms with van der Waals surface area (Å²) in [4.78, 5) is 21.2. The van der Waals surface area contributed by atoms with Crippen LogP contribution in [-0.4, -0.2) is 50.9 Å². The number of hydrogen-bond acceptors (Lipinski definition) is 6. The minimum Gasteiger partial charge on any atom is -0.393 e. The van der Waals surface area contributed by atoms with E-state index < -0.39 is 6.10 Å². The number of amides is 1. The summed E-state index contributed by atoms with van der Waals surface area (Å²) in [6.07, 6.45) is 4.19. The normalized spacial score (nSPS) is 21.7. The molecule has 0 unspecified atom stereocenters. The van der Waals surface area contributed by atoms with Crippen molar-refractivity contribution in [3.05, 3.63) is 30.0 Å². The Hall–Kier alpha value is -2.25. The Labute approximate surface area is 146 Å². The molecule has 0 aliphatic heterocycles. The van der Waals surface area contributed by atoms with Gasteiger partial charge in [0.05, 0.1) is 23.3 Å². The zero-order chi connectivity index (χ0) is 17.8. The van der Waals surface area contributed by atoms with E-state index in [4.69, 9.17) is 0 Å². The van der Waals surface area contributed by atoms with Crippen molar-refractivity contribution in [2.24, 2.45) is 0 Å². The summed E-state index contributed by atoms with van der Waals surface area (Å²) in [5, 5.41) is 25.7. The highest BCUT2D eigenvalue weighted by Crippen LogP contribution is 2.22. The number of nitrogens with zero attached hydrogens (tertiary/aromatic N) is 2. The first-order chi connectivity index (χ1) is 12.0. The number of rotatable bonds is 5. The molecule has 1 heterocycles. The van der Waals surface area contributed by atoms with E-state index in [9.17, 15) is 15.0 Å². The number of aromatic nitrogens is 2. The van der Waals surface area contributed by atoms with Crippen LogP contribution < -0.4 is 10.6 Å². The van der Waals surface area contributed by atoms with Crippen molar-refractivity contribution in [3.8, 4) is 0 Å². The van der Waals surface area contributed by atoms with E-state index in [-0.39, 0.29) is 24.6 Å². The number of hydrogen-bond donors (Lipinski definition) is 4. The zero-order valence-corrected chi connectivity index (χ0v) is 14.3. The van der Waals surface area contributed by atoms with Crippen LogP contribution in [0.4, 0.5) is 5.95 Å². The van der Waals surface area contributed by atoms with Gasteiger partial charge < -0.3 is 20.8 Å². The lowest BCUT2D eigenvalue weighted by atomic mass is 9.93. The molecule has 1 amide bonds. The van der Waals surface area contributed by atoms with E-state index in [0.29, 0.717) is 17.0 Å². The molecular weight excluding hydrogens is 320 g/mol. The molecule has 0 spiro atoms. The molecule has 1 aliphatic carbocycles. The van der Waals surface area contributed by atoms with E-state index >= 15 is 0 Å². The summed E-state index contributed by atoms with van der Waals surface area (Å²) in [6, 6.07) is 5.60. The van der Waals surface area contributed by atoms with Crippen LogP contribution in [0.5, 0.6) is 0 Å². The molecule has 1 saturated carbocycles. The van der Waals surface area contributed by atoms with Crippen LogP contribution in [-0.2, 0) is 0 Å². The maximum atomic E-state index is 12.4. The third kappa shape index (κ3) is 4.43. The summed E-state index contributed by atoms with van der Waals surface area (Å²) in [5.74, 6) is 0.224. The molecule has 4 N–H and O–H groups in total. The van der Waals surface area contributed by atoms with E-state index in [1.807, 2.05) is 6.07 Å². The number of para-hydroxylation sites is 1. The minimum atomic E-state index is -0.604. The number of carbonyl (C=O) groups excluding carboxylic acids is 1. The molecule has 3 rings (SSSR count). The summed E-state index contributed by atoms with van der Waals surface area (Å²) in [7, 11) is 0. The van der Waals surface area contributed by atoms with Gasteiger partial charge in [-0.05, 0) is 38.7 Å². The number of benzene rings is 1. The van der Waals surface area contributed by atoms with Gasteiger partial charge in [-0.1, -0.05) is 12.1 Å². The van der Waals surface area contributed by atoms with Crippen LogP contribution in [0.2, 0.25) is 0 Å². The summed E-state index contributed by atoms with van der Waals surface area (Å²) in [5.41, 5.74) is 1.04. The maximum Gasteiger partial charge on any atom is 0.253 e. The van der Waals surface area contributed by atoms with Gasteiger partial charge in [0.15, 0.2) is 0 Å². The Balaban J connectivity index is 1.80. The van der Waals surface area contributed by atoms with Gasteiger partial charge in [0.25, 0.3) is 5.91 Å². The molecule has 0 bridgehead atoms. The molecule has 0 saturated heterocycles. The van der Waals surface area contributed by atoms with Gasteiger partial charge in [-0.25, -0.2) is 9.97 Å². The van der Waals surface area contributed by atoms with Gasteiger partial charge in [-0.2, -0.15) is 0 Å². The Morgan fingerprint density at radius 2 is 2.08 bits per heavy atom. The van der Waals surface area contributed by atoms with Crippen molar-refractivity contribution in [2.75, 3.05) is 11.9 Å². The smallest absolute Gasteiger partial charge is 0.253 e. The highest BCUT2D eigenvalue weighted by atomic mass is 16.3. The number of nitrogens with one attached hydrogen (secondary N) is 2. The van der Waals surface area contributed by atoms with Crippen LogP contribution in [0.25, 0.3) is 10.9 Å². The number of aliphatic hydroxyl groups excluding tert-OH is 2. The minimum absolute atomic E-state index is 0.190. The van der Waals surface area contributed by atoms with Gasteiger partial charge in [-0.3, -0.25) is 4.79 Å². The lowest BCUT2D eigenvalue weighted by Crippen LogP contribution is -2.31. The van der Waals surface area contributed by atoms with Gasteiger partial charge in [-0.15, -0.1) is 0 Å². The molecule has 134 valence electrons. The molecule has 0 radical (unpaired) electrons. The first-order valence-electron chi connectivity index (χ1n) is 8.69. The standard InChI is InChI=1S/C18H24N4O3/c1-11(23)9-19-17(25)15-4-2-3-12-10-20-18(22-16(12)15)21-13-5-7-14(24)8-6-13/h2-4,10-11,13-14,23-24H,5-9H2,1H3,(H,19,25)(H,20,21,22)/t11-,13?,14?/m1/s1. The highest BCUT2D eigenvalue weighted by Gasteiger charge is 2.20. The van der Waals surface area contributed by atoms with Crippen molar-refractivity contribution in [1.82, 2.24) is 15.3 Å². The topological polar surface area (TPSA) is 107 Å². The van der Waals surface area contributed by atoms with E-state index in [1.165, 1.54) is 0 Å². The maximum absolute atomic E-state index is 12.4. The fraction of sp³-hybridized carbons (Fsp3) is 0.500. The third-order valence-corrected chi connectivity index (χ3v) is 4.44. The van der Waals surface area contributed by atoms with Crippen LogP contribution in [0, 0.1) is 0 Å². The average Bonchev–Trinajstić information content (AvgIpc) is 2.61. The van der Waals surface area contributed by atoms with Gasteiger partial charge in [0.1, 0.15) is 0 Å². The average molecular weight is 344 g/mol. The number of carbonyl (C=O) groups is 1. The number of fused-ring (bicyclic) bond motifs is 1. The van der Waals surface area contributed by atoms with Crippen LogP contribution in [0.1, 0.15) is 43.0 Å². The largest absolute Gasteiger partial charge is 0.393 e. The second-order valence-corrected chi connectivity index (χ2v) is 6.65. The molecule has 1 aromatic heterocycles. The predicted octanol–water partition coefficient (Wildman–Crippen LogP) is 1.46. The molecule has 25 heavy (non-hydrogen) atoms. The molecule has 1 fully saturated rings. The zero-order valence-electron chi connectivity index (χ0n) is 14.3. The summed E-state index contributed by atoms with van der Waals surface area (Å²) in [6.45, 7) is 1.81. The molecule has 7 heteroatoms. The van der Waals surface area contributed by atoms with Crippen LogP contribution in [0.15, 0.2) is 24.4 Å². The summed E-state index contributed by atoms with van der Waals surface area (Å²) >= 11 is 0. The van der Waals surface area contributed by atoms with E-state index in [0.717, 1.165) is 31.1 Å². The lowest BCUT2D eigenvalue weighted by Gasteiger charge is -2.26. The van der Waals surface area contributed by atoms with E-state index in [1.54, 1.807) is 25.3 Å².